The van der Waals surface area contributed by atoms with Gasteiger partial charge in [0.25, 0.3) is 0 Å². The molecule has 2 rings (SSSR count). The van der Waals surface area contributed by atoms with Gasteiger partial charge < -0.3 is 9.64 Å². The number of rotatable bonds is 2. The lowest BCUT2D eigenvalue weighted by Gasteiger charge is -2.44. The average molecular weight is 408 g/mol. The molecule has 1 aromatic carbocycles. The molecule has 0 spiro atoms. The lowest BCUT2D eigenvalue weighted by molar-refractivity contribution is -0.197. The van der Waals surface area contributed by atoms with E-state index >= 15 is 0 Å². The molecule has 8 heteroatoms. The van der Waals surface area contributed by atoms with Gasteiger partial charge in [0, 0.05) is 4.47 Å². The maximum atomic E-state index is 13.1. The minimum atomic E-state index is -5.06. The summed E-state index contributed by atoms with van der Waals surface area (Å²) in [4.78, 5) is 24.7. The van der Waals surface area contributed by atoms with Crippen LogP contribution in [0.3, 0.4) is 0 Å². The van der Waals surface area contributed by atoms with Gasteiger partial charge >= 0.3 is 18.1 Å². The number of hydrogen-bond donors (Lipinski definition) is 0. The molecular formula is C16H17BrF3NO3. The molecule has 1 fully saturated rings. The molecule has 1 saturated heterocycles. The monoisotopic (exact) mass is 407 g/mol. The summed E-state index contributed by atoms with van der Waals surface area (Å²) in [5.41, 5.74) is 0.545. The van der Waals surface area contributed by atoms with Gasteiger partial charge in [0.1, 0.15) is 6.04 Å². The lowest BCUT2D eigenvalue weighted by Crippen LogP contribution is -2.56. The minimum absolute atomic E-state index is 0.139. The number of hydrogen-bond acceptors (Lipinski definition) is 3. The normalized spacial score (nSPS) is 24.6. The highest BCUT2D eigenvalue weighted by atomic mass is 79.9. The van der Waals surface area contributed by atoms with Crippen LogP contribution in [-0.4, -0.2) is 36.1 Å². The van der Waals surface area contributed by atoms with Crippen LogP contribution in [0.25, 0.3) is 0 Å². The van der Waals surface area contributed by atoms with Crippen LogP contribution in [0.5, 0.6) is 0 Å². The summed E-state index contributed by atoms with van der Waals surface area (Å²) in [5.74, 6) is -3.08. The molecule has 3 atom stereocenters. The third-order valence-corrected chi connectivity index (χ3v) is 4.70. The van der Waals surface area contributed by atoms with Crippen molar-refractivity contribution >= 4 is 27.8 Å². The summed E-state index contributed by atoms with van der Waals surface area (Å²) in [6.07, 6.45) is -4.41. The molecule has 0 saturated carbocycles. The number of alkyl halides is 3. The maximum Gasteiger partial charge on any atom is 0.471 e. The van der Waals surface area contributed by atoms with Gasteiger partial charge in [0.15, 0.2) is 0 Å². The van der Waals surface area contributed by atoms with Gasteiger partial charge in [-0.1, -0.05) is 35.0 Å². The Morgan fingerprint density at radius 2 is 1.96 bits per heavy atom. The number of carbonyl (C=O) groups is 2. The number of amides is 1. The second-order valence-electron chi connectivity index (χ2n) is 5.80. The number of benzene rings is 1. The number of esters is 1. The molecule has 1 amide bonds. The molecule has 0 bridgehead atoms. The van der Waals surface area contributed by atoms with E-state index in [1.807, 2.05) is 0 Å². The minimum Gasteiger partial charge on any atom is -0.467 e. The zero-order chi connectivity index (χ0) is 18.1. The van der Waals surface area contributed by atoms with Crippen molar-refractivity contribution in [2.24, 2.45) is 5.92 Å². The van der Waals surface area contributed by atoms with Gasteiger partial charge in [0.05, 0.1) is 13.2 Å². The quantitative estimate of drug-likeness (QED) is 0.699. The Balaban J connectivity index is 2.53. The molecule has 0 radical (unpaired) electrons. The molecular weight excluding hydrogens is 391 g/mol. The first kappa shape index (κ1) is 18.8. The van der Waals surface area contributed by atoms with Crippen LogP contribution in [0.15, 0.2) is 28.7 Å². The van der Waals surface area contributed by atoms with E-state index in [0.717, 1.165) is 7.11 Å². The molecule has 0 aromatic heterocycles. The number of halogens is 4. The topological polar surface area (TPSA) is 46.6 Å². The van der Waals surface area contributed by atoms with Crippen LogP contribution in [0.2, 0.25) is 0 Å². The maximum absolute atomic E-state index is 13.1. The first-order valence-electron chi connectivity index (χ1n) is 7.39. The van der Waals surface area contributed by atoms with Gasteiger partial charge in [-0.25, -0.2) is 4.79 Å². The molecule has 1 aliphatic rings. The van der Waals surface area contributed by atoms with Gasteiger partial charge in [-0.05, 0) is 36.5 Å². The van der Waals surface area contributed by atoms with Crippen molar-refractivity contribution in [3.05, 3.63) is 34.3 Å². The van der Waals surface area contributed by atoms with Gasteiger partial charge in [-0.3, -0.25) is 4.79 Å². The van der Waals surface area contributed by atoms with Crippen molar-refractivity contribution in [3.8, 4) is 0 Å². The Morgan fingerprint density at radius 1 is 1.29 bits per heavy atom. The number of methoxy groups -OCH3 is 1. The largest absolute Gasteiger partial charge is 0.471 e. The van der Waals surface area contributed by atoms with Crippen LogP contribution in [0.4, 0.5) is 13.2 Å². The summed E-state index contributed by atoms with van der Waals surface area (Å²) >= 11 is 3.29. The Bertz CT molecular complexity index is 635. The van der Waals surface area contributed by atoms with E-state index in [4.69, 9.17) is 0 Å². The van der Waals surface area contributed by atoms with E-state index in [9.17, 15) is 22.8 Å². The third kappa shape index (κ3) is 3.74. The van der Waals surface area contributed by atoms with Crippen molar-refractivity contribution in [2.45, 2.75) is 38.0 Å². The van der Waals surface area contributed by atoms with E-state index in [0.29, 0.717) is 21.4 Å². The predicted molar refractivity (Wildman–Crippen MR) is 84.0 cm³/mol. The summed E-state index contributed by atoms with van der Waals surface area (Å²) < 4.78 is 44.7. The van der Waals surface area contributed by atoms with Crippen LogP contribution in [-0.2, 0) is 14.3 Å². The molecule has 1 aromatic rings. The first-order valence-corrected chi connectivity index (χ1v) is 8.19. The van der Waals surface area contributed by atoms with E-state index in [2.05, 4.69) is 20.7 Å². The van der Waals surface area contributed by atoms with Gasteiger partial charge in [-0.15, -0.1) is 0 Å². The van der Waals surface area contributed by atoms with Crippen LogP contribution in [0.1, 0.15) is 31.4 Å². The first-order chi connectivity index (χ1) is 11.2. The highest BCUT2D eigenvalue weighted by Gasteiger charge is 2.51. The number of piperidine rings is 1. The van der Waals surface area contributed by atoms with E-state index in [-0.39, 0.29) is 12.3 Å². The molecule has 132 valence electrons. The summed E-state index contributed by atoms with van der Waals surface area (Å²) in [7, 11) is 1.10. The average Bonchev–Trinajstić information content (AvgIpc) is 2.52. The summed E-state index contributed by atoms with van der Waals surface area (Å²) in [5, 5.41) is 0. The Labute approximate surface area is 146 Å². The fourth-order valence-corrected chi connectivity index (χ4v) is 3.56. The molecule has 0 unspecified atom stereocenters. The van der Waals surface area contributed by atoms with Crippen LogP contribution >= 0.6 is 15.9 Å². The van der Waals surface area contributed by atoms with Gasteiger partial charge in [0.2, 0.25) is 0 Å². The molecule has 24 heavy (non-hydrogen) atoms. The van der Waals surface area contributed by atoms with Crippen molar-refractivity contribution < 1.29 is 27.5 Å². The van der Waals surface area contributed by atoms with Crippen molar-refractivity contribution in [1.82, 2.24) is 4.90 Å². The van der Waals surface area contributed by atoms with Crippen LogP contribution in [0, 0.1) is 5.92 Å². The third-order valence-electron chi connectivity index (χ3n) is 4.21. The lowest BCUT2D eigenvalue weighted by atomic mass is 9.82. The number of carbonyl (C=O) groups excluding carboxylic acids is 2. The fraction of sp³-hybridized carbons (Fsp3) is 0.500. The molecule has 4 nitrogen and oxygen atoms in total. The SMILES string of the molecule is COC(=O)[C@@H]1CC[C@H](C)[C@@H](c2cccc(Br)c2)N1C(=O)C(F)(F)F. The summed E-state index contributed by atoms with van der Waals surface area (Å²) in [6.45, 7) is 1.77. The molecule has 1 aliphatic heterocycles. The number of ether oxygens (including phenoxy) is 1. The smallest absolute Gasteiger partial charge is 0.467 e. The standard InChI is InChI=1S/C16H17BrF3NO3/c1-9-6-7-12(14(22)24-2)21(15(23)16(18,19)20)13(9)10-4-3-5-11(17)8-10/h3-5,8-9,12-13H,6-7H2,1-2H3/t9-,12-,13-/m0/s1. The summed E-state index contributed by atoms with van der Waals surface area (Å²) in [6, 6.07) is 4.65. The van der Waals surface area contributed by atoms with Crippen molar-refractivity contribution in [1.29, 1.82) is 0 Å². The van der Waals surface area contributed by atoms with Crippen molar-refractivity contribution in [2.75, 3.05) is 7.11 Å². The Kier molecular flexibility index (Phi) is 5.57. The predicted octanol–water partition coefficient (Wildman–Crippen LogP) is 3.85. The second-order valence-corrected chi connectivity index (χ2v) is 6.72. The Hall–Kier alpha value is -1.57. The highest BCUT2D eigenvalue weighted by Crippen LogP contribution is 2.41. The number of nitrogens with zero attached hydrogens (tertiary/aromatic N) is 1. The van der Waals surface area contributed by atoms with Gasteiger partial charge in [-0.2, -0.15) is 13.2 Å². The second kappa shape index (κ2) is 7.13. The molecule has 1 heterocycles. The number of likely N-dealkylation sites (tertiary alicyclic amines) is 1. The van der Waals surface area contributed by atoms with E-state index in [1.165, 1.54) is 0 Å². The Morgan fingerprint density at radius 3 is 2.50 bits per heavy atom. The van der Waals surface area contributed by atoms with E-state index in [1.54, 1.807) is 31.2 Å². The zero-order valence-electron chi connectivity index (χ0n) is 13.1. The fourth-order valence-electron chi connectivity index (χ4n) is 3.15. The highest BCUT2D eigenvalue weighted by molar-refractivity contribution is 9.10. The van der Waals surface area contributed by atoms with Crippen molar-refractivity contribution in [3.63, 3.8) is 0 Å². The van der Waals surface area contributed by atoms with E-state index < -0.39 is 30.1 Å². The molecule has 0 aliphatic carbocycles. The van der Waals surface area contributed by atoms with Crippen LogP contribution < -0.4 is 0 Å². The molecule has 0 N–H and O–H groups in total. The zero-order valence-corrected chi connectivity index (χ0v) is 14.7.